The van der Waals surface area contributed by atoms with Gasteiger partial charge in [-0.2, -0.15) is 4.98 Å². The monoisotopic (exact) mass is 622 g/mol. The maximum absolute atomic E-state index is 11.5. The summed E-state index contributed by atoms with van der Waals surface area (Å²) in [4.78, 5) is 25.7. The Kier molecular flexibility index (Phi) is 8.44. The van der Waals surface area contributed by atoms with Crippen LogP contribution >= 0.6 is 11.6 Å². The molecule has 0 spiro atoms. The third-order valence-corrected chi connectivity index (χ3v) is 9.73. The third-order valence-electron chi connectivity index (χ3n) is 8.36. The standard InChI is InChI=1S/C32H35ClN4O5S/c1-43(40,41)19-22-17-37(18-22)16-21-2-6-23(7-3-21)24-8-10-25(11-9-24)30-27(33)15-28-31(35-30)36-32(34-28)42-26-12-4-20(5-13-26)14-29(38)39/h2-3,6-11,15,20,22,26H,4-5,12-14,16-19H2,1H3,(H,38,39)(H,34,35,36). The molecule has 2 aliphatic rings. The lowest BCUT2D eigenvalue weighted by atomic mass is 9.85. The molecule has 226 valence electrons. The van der Waals surface area contributed by atoms with E-state index in [0.717, 1.165) is 62.0 Å². The van der Waals surface area contributed by atoms with Crippen LogP contribution < -0.4 is 4.74 Å². The zero-order chi connectivity index (χ0) is 30.1. The number of aromatic nitrogens is 3. The van der Waals surface area contributed by atoms with Crippen LogP contribution in [0, 0.1) is 11.8 Å². The number of H-pyrrole nitrogens is 1. The number of rotatable bonds is 10. The van der Waals surface area contributed by atoms with E-state index >= 15 is 0 Å². The van der Waals surface area contributed by atoms with Crippen molar-refractivity contribution in [1.29, 1.82) is 0 Å². The van der Waals surface area contributed by atoms with E-state index in [2.05, 4.69) is 51.3 Å². The third kappa shape index (κ3) is 7.37. The Morgan fingerprint density at radius 2 is 1.60 bits per heavy atom. The number of imidazole rings is 1. The van der Waals surface area contributed by atoms with Gasteiger partial charge in [-0.3, -0.25) is 9.69 Å². The molecule has 2 fully saturated rings. The minimum Gasteiger partial charge on any atom is -0.481 e. The molecule has 1 aliphatic heterocycles. The summed E-state index contributed by atoms with van der Waals surface area (Å²) in [7, 11) is -2.92. The van der Waals surface area contributed by atoms with Crippen molar-refractivity contribution in [3.63, 3.8) is 0 Å². The number of fused-ring (bicyclic) bond motifs is 1. The topological polar surface area (TPSA) is 125 Å². The Hall–Kier alpha value is -3.47. The van der Waals surface area contributed by atoms with Gasteiger partial charge in [0.25, 0.3) is 6.01 Å². The van der Waals surface area contributed by atoms with Crippen molar-refractivity contribution in [2.75, 3.05) is 25.1 Å². The van der Waals surface area contributed by atoms with Crippen LogP contribution in [0.1, 0.15) is 37.7 Å². The molecule has 0 atom stereocenters. The van der Waals surface area contributed by atoms with E-state index < -0.39 is 15.8 Å². The first-order valence-electron chi connectivity index (χ1n) is 14.6. The second kappa shape index (κ2) is 12.3. The van der Waals surface area contributed by atoms with Crippen LogP contribution in [0.25, 0.3) is 33.5 Å². The normalized spacial score (nSPS) is 19.8. The first kappa shape index (κ1) is 29.6. The molecule has 3 heterocycles. The molecule has 2 aromatic carbocycles. The van der Waals surface area contributed by atoms with Crippen LogP contribution in [0.2, 0.25) is 5.02 Å². The minimum absolute atomic E-state index is 0.00262. The molecule has 0 amide bonds. The maximum Gasteiger partial charge on any atom is 0.303 e. The van der Waals surface area contributed by atoms with Crippen LogP contribution in [-0.4, -0.2) is 70.5 Å². The predicted octanol–water partition coefficient (Wildman–Crippen LogP) is 5.83. The number of nitrogens with zero attached hydrogens (tertiary/aromatic N) is 3. The number of aliphatic carboxylic acids is 1. The summed E-state index contributed by atoms with van der Waals surface area (Å²) in [6.45, 7) is 2.46. The predicted molar refractivity (Wildman–Crippen MR) is 167 cm³/mol. The molecular formula is C32H35ClN4O5S. The van der Waals surface area contributed by atoms with Crippen LogP contribution in [0.5, 0.6) is 6.01 Å². The van der Waals surface area contributed by atoms with E-state index in [9.17, 15) is 13.2 Å². The molecule has 0 radical (unpaired) electrons. The van der Waals surface area contributed by atoms with Crippen molar-refractivity contribution < 1.29 is 23.1 Å². The molecule has 1 aliphatic carbocycles. The number of nitrogens with one attached hydrogen (secondary N) is 1. The molecule has 2 aromatic heterocycles. The van der Waals surface area contributed by atoms with Gasteiger partial charge in [0.1, 0.15) is 15.9 Å². The maximum atomic E-state index is 11.5. The largest absolute Gasteiger partial charge is 0.481 e. The lowest BCUT2D eigenvalue weighted by Gasteiger charge is -2.39. The zero-order valence-corrected chi connectivity index (χ0v) is 25.6. The van der Waals surface area contributed by atoms with Crippen molar-refractivity contribution in [3.8, 4) is 28.4 Å². The first-order valence-corrected chi connectivity index (χ1v) is 17.1. The number of pyridine rings is 1. The smallest absolute Gasteiger partial charge is 0.303 e. The van der Waals surface area contributed by atoms with Gasteiger partial charge in [-0.05, 0) is 60.3 Å². The quantitative estimate of drug-likeness (QED) is 0.226. The number of likely N-dealkylation sites (tertiary alicyclic amines) is 1. The Morgan fingerprint density at radius 3 is 2.23 bits per heavy atom. The number of benzene rings is 2. The molecule has 6 rings (SSSR count). The second-order valence-electron chi connectivity index (χ2n) is 12.0. The van der Waals surface area contributed by atoms with Gasteiger partial charge in [0, 0.05) is 37.9 Å². The van der Waals surface area contributed by atoms with Gasteiger partial charge in [-0.1, -0.05) is 60.1 Å². The van der Waals surface area contributed by atoms with E-state index in [1.54, 1.807) is 0 Å². The summed E-state index contributed by atoms with van der Waals surface area (Å²) in [5.41, 5.74) is 6.15. The fourth-order valence-corrected chi connectivity index (χ4v) is 7.56. The molecule has 9 nitrogen and oxygen atoms in total. The van der Waals surface area contributed by atoms with E-state index in [-0.39, 0.29) is 30.1 Å². The number of halogens is 1. The Morgan fingerprint density at radius 1 is 0.977 bits per heavy atom. The average Bonchev–Trinajstić information content (AvgIpc) is 3.33. The molecular weight excluding hydrogens is 588 g/mol. The van der Waals surface area contributed by atoms with Gasteiger partial charge in [0.05, 0.1) is 22.0 Å². The van der Waals surface area contributed by atoms with Gasteiger partial charge in [0.15, 0.2) is 5.65 Å². The van der Waals surface area contributed by atoms with Gasteiger partial charge in [-0.25, -0.2) is 13.4 Å². The highest BCUT2D eigenvalue weighted by Gasteiger charge is 2.29. The lowest BCUT2D eigenvalue weighted by molar-refractivity contribution is -0.138. The Bertz CT molecular complexity index is 1710. The Balaban J connectivity index is 1.07. The van der Waals surface area contributed by atoms with Crippen molar-refractivity contribution in [2.45, 2.75) is 44.8 Å². The highest BCUT2D eigenvalue weighted by atomic mass is 35.5. The molecule has 0 unspecified atom stereocenters. The molecule has 0 bridgehead atoms. The SMILES string of the molecule is CS(=O)(=O)CC1CN(Cc2ccc(-c3ccc(-c4nc5nc(OC6CCC(CC(=O)O)CC6)[nH]c5cc4Cl)cc3)cc2)C1. The first-order chi connectivity index (χ1) is 20.6. The van der Waals surface area contributed by atoms with Crippen molar-refractivity contribution in [2.24, 2.45) is 11.8 Å². The molecule has 1 saturated carbocycles. The second-order valence-corrected chi connectivity index (χ2v) is 14.6. The van der Waals surface area contributed by atoms with Gasteiger partial charge < -0.3 is 14.8 Å². The number of hydrogen-bond donors (Lipinski definition) is 2. The summed E-state index contributed by atoms with van der Waals surface area (Å²) in [6.07, 6.45) is 4.78. The molecule has 43 heavy (non-hydrogen) atoms. The van der Waals surface area contributed by atoms with Crippen LogP contribution in [0.15, 0.2) is 54.6 Å². The zero-order valence-electron chi connectivity index (χ0n) is 24.0. The number of ether oxygens (including phenoxy) is 1. The number of carbonyl (C=O) groups is 1. The van der Waals surface area contributed by atoms with E-state index in [1.165, 1.54) is 11.8 Å². The number of sulfone groups is 1. The van der Waals surface area contributed by atoms with Crippen LogP contribution in [-0.2, 0) is 21.2 Å². The van der Waals surface area contributed by atoms with E-state index in [0.29, 0.717) is 27.9 Å². The minimum atomic E-state index is -2.92. The summed E-state index contributed by atoms with van der Waals surface area (Å²) in [5, 5.41) is 9.55. The van der Waals surface area contributed by atoms with Gasteiger partial charge in [-0.15, -0.1) is 0 Å². The molecule has 4 aromatic rings. The van der Waals surface area contributed by atoms with Crippen molar-refractivity contribution >= 4 is 38.6 Å². The van der Waals surface area contributed by atoms with Crippen LogP contribution in [0.3, 0.4) is 0 Å². The fraction of sp³-hybridized carbons (Fsp3) is 0.406. The Labute approximate surface area is 256 Å². The highest BCUT2D eigenvalue weighted by Crippen LogP contribution is 2.33. The summed E-state index contributed by atoms with van der Waals surface area (Å²) >= 11 is 6.64. The summed E-state index contributed by atoms with van der Waals surface area (Å²) in [6, 6.07) is 18.8. The van der Waals surface area contributed by atoms with E-state index in [4.69, 9.17) is 26.4 Å². The number of aromatic amines is 1. The van der Waals surface area contributed by atoms with Gasteiger partial charge >= 0.3 is 5.97 Å². The molecule has 11 heteroatoms. The molecule has 1 saturated heterocycles. The fourth-order valence-electron chi connectivity index (χ4n) is 6.23. The average molecular weight is 623 g/mol. The van der Waals surface area contributed by atoms with Crippen molar-refractivity contribution in [1.82, 2.24) is 19.9 Å². The highest BCUT2D eigenvalue weighted by molar-refractivity contribution is 7.90. The lowest BCUT2D eigenvalue weighted by Crippen LogP contribution is -2.48. The van der Waals surface area contributed by atoms with Crippen molar-refractivity contribution in [3.05, 3.63) is 65.2 Å². The number of hydrogen-bond acceptors (Lipinski definition) is 7. The number of carboxylic acid groups (broad SMARTS) is 1. The number of carboxylic acids is 1. The summed E-state index contributed by atoms with van der Waals surface area (Å²) in [5.74, 6) is -0.0267. The molecule has 2 N–H and O–H groups in total. The van der Waals surface area contributed by atoms with Crippen LogP contribution in [0.4, 0.5) is 0 Å². The van der Waals surface area contributed by atoms with Gasteiger partial charge in [0.2, 0.25) is 0 Å². The van der Waals surface area contributed by atoms with E-state index in [1.807, 2.05) is 18.2 Å². The summed E-state index contributed by atoms with van der Waals surface area (Å²) < 4.78 is 29.1.